The molecule has 8 rings (SSSR count). The first-order valence-electron chi connectivity index (χ1n) is 17.4. The number of amides is 4. The molecule has 0 spiro atoms. The van der Waals surface area contributed by atoms with Gasteiger partial charge in [0.15, 0.2) is 11.5 Å². The van der Waals surface area contributed by atoms with Crippen LogP contribution in [0.5, 0.6) is 11.5 Å². The number of aromatic hydroxyl groups is 1. The number of piperidine rings is 1. The Morgan fingerprint density at radius 2 is 1.53 bits per heavy atom. The van der Waals surface area contributed by atoms with Crippen LogP contribution in [0.4, 0.5) is 5.69 Å². The summed E-state index contributed by atoms with van der Waals surface area (Å²) < 4.78 is 5.48. The number of allylic oxidation sites excluding steroid dienone is 2. The average molecular weight is 660 g/mol. The zero-order valence-corrected chi connectivity index (χ0v) is 27.8. The highest BCUT2D eigenvalue weighted by molar-refractivity contribution is 6.24. The monoisotopic (exact) mass is 659 g/mol. The summed E-state index contributed by atoms with van der Waals surface area (Å²) in [5.41, 5.74) is 1.83. The second-order valence-corrected chi connectivity index (χ2v) is 14.4. The molecule has 0 bridgehead atoms. The van der Waals surface area contributed by atoms with E-state index in [9.17, 15) is 24.3 Å². The lowest BCUT2D eigenvalue weighted by atomic mass is 9.51. The Morgan fingerprint density at radius 3 is 2.22 bits per heavy atom. The van der Waals surface area contributed by atoms with Crippen LogP contribution in [0.25, 0.3) is 0 Å². The minimum absolute atomic E-state index is 0.0882. The first-order valence-corrected chi connectivity index (χ1v) is 17.4. The van der Waals surface area contributed by atoms with Gasteiger partial charge in [0.2, 0.25) is 23.6 Å². The number of phenolic OH excluding ortho intramolecular Hbond substituents is 1. The van der Waals surface area contributed by atoms with Crippen molar-refractivity contribution >= 4 is 29.3 Å². The van der Waals surface area contributed by atoms with Crippen LogP contribution in [0.3, 0.4) is 0 Å². The summed E-state index contributed by atoms with van der Waals surface area (Å²) in [7, 11) is 1.47. The number of benzene rings is 3. The summed E-state index contributed by atoms with van der Waals surface area (Å²) in [6.45, 7) is 4.25. The maximum Gasteiger partial charge on any atom is 0.241 e. The molecule has 3 aliphatic heterocycles. The molecule has 3 aromatic carbocycles. The molecule has 2 aliphatic carbocycles. The van der Waals surface area contributed by atoms with E-state index in [-0.39, 0.29) is 47.6 Å². The van der Waals surface area contributed by atoms with E-state index in [2.05, 4.69) is 17.0 Å². The first kappa shape index (κ1) is 31.5. The van der Waals surface area contributed by atoms with Crippen LogP contribution >= 0.6 is 0 Å². The van der Waals surface area contributed by atoms with Gasteiger partial charge in [-0.25, -0.2) is 4.90 Å². The average Bonchev–Trinajstić information content (AvgIpc) is 3.49. The van der Waals surface area contributed by atoms with Crippen LogP contribution in [0.1, 0.15) is 49.7 Å². The maximum absolute atomic E-state index is 14.6. The van der Waals surface area contributed by atoms with Crippen LogP contribution in [0.2, 0.25) is 0 Å². The molecule has 49 heavy (non-hydrogen) atoms. The lowest BCUT2D eigenvalue weighted by Gasteiger charge is -2.49. The van der Waals surface area contributed by atoms with E-state index in [1.54, 1.807) is 47.4 Å². The number of hydrogen-bond acceptors (Lipinski definition) is 7. The number of carbonyl (C=O) groups excluding carboxylic acids is 4. The SMILES string of the molecule is COc1cccc([C@H]2C3=CC[C@@H]4C(=O)N(C5CCN(Cc6ccccc6)CC5)C(=O)[C@@H]4[C@@H]3C[C@H]3C(=O)N(c4ccccc4)C(=O)[C@@]23C)c1O. The van der Waals surface area contributed by atoms with Crippen LogP contribution in [-0.4, -0.2) is 64.8 Å². The molecule has 3 aromatic rings. The number of likely N-dealkylation sites (tertiary alicyclic amines) is 2. The fourth-order valence-corrected chi connectivity index (χ4v) is 9.68. The quantitative estimate of drug-likeness (QED) is 0.283. The van der Waals surface area contributed by atoms with Gasteiger partial charge in [-0.15, -0.1) is 0 Å². The Bertz CT molecular complexity index is 1850. The van der Waals surface area contributed by atoms with Crippen molar-refractivity contribution in [3.05, 3.63) is 102 Å². The largest absolute Gasteiger partial charge is 0.504 e. The molecule has 6 atom stereocenters. The van der Waals surface area contributed by atoms with E-state index >= 15 is 0 Å². The van der Waals surface area contributed by atoms with Gasteiger partial charge in [-0.3, -0.25) is 29.0 Å². The summed E-state index contributed by atoms with van der Waals surface area (Å²) in [5.74, 6) is -3.77. The second-order valence-electron chi connectivity index (χ2n) is 14.4. The predicted molar refractivity (Wildman–Crippen MR) is 182 cm³/mol. The normalized spacial score (nSPS) is 30.2. The fraction of sp³-hybridized carbons (Fsp3) is 0.400. The Hall–Kier alpha value is -4.76. The van der Waals surface area contributed by atoms with Crippen molar-refractivity contribution in [2.45, 2.75) is 51.1 Å². The van der Waals surface area contributed by atoms with Gasteiger partial charge in [0.25, 0.3) is 0 Å². The number of para-hydroxylation sites is 2. The topological polar surface area (TPSA) is 107 Å². The number of rotatable bonds is 6. The van der Waals surface area contributed by atoms with Gasteiger partial charge in [0, 0.05) is 37.2 Å². The van der Waals surface area contributed by atoms with Crippen molar-refractivity contribution in [1.82, 2.24) is 9.80 Å². The van der Waals surface area contributed by atoms with Crippen molar-refractivity contribution in [2.24, 2.45) is 29.1 Å². The van der Waals surface area contributed by atoms with Crippen LogP contribution in [-0.2, 0) is 25.7 Å². The summed E-state index contributed by atoms with van der Waals surface area (Å²) in [6.07, 6.45) is 4.11. The smallest absolute Gasteiger partial charge is 0.241 e. The zero-order chi connectivity index (χ0) is 34.0. The molecular formula is C40H41N3O6. The number of imide groups is 2. The third-order valence-electron chi connectivity index (χ3n) is 12.1. The summed E-state index contributed by atoms with van der Waals surface area (Å²) in [5, 5.41) is 11.5. The maximum atomic E-state index is 14.6. The third kappa shape index (κ3) is 4.76. The fourth-order valence-electron chi connectivity index (χ4n) is 9.68. The van der Waals surface area contributed by atoms with Crippen LogP contribution < -0.4 is 9.64 Å². The van der Waals surface area contributed by atoms with Crippen LogP contribution in [0.15, 0.2) is 90.5 Å². The van der Waals surface area contributed by atoms with Crippen LogP contribution in [0, 0.1) is 29.1 Å². The Labute approximate surface area is 286 Å². The Balaban J connectivity index is 1.14. The highest BCUT2D eigenvalue weighted by atomic mass is 16.5. The van der Waals surface area contributed by atoms with Gasteiger partial charge in [-0.05, 0) is 62.3 Å². The molecule has 4 fully saturated rings. The molecule has 252 valence electrons. The molecule has 3 heterocycles. The minimum Gasteiger partial charge on any atom is -0.504 e. The van der Waals surface area contributed by atoms with E-state index in [0.717, 1.165) is 25.2 Å². The summed E-state index contributed by atoms with van der Waals surface area (Å²) in [4.78, 5) is 62.8. The minimum atomic E-state index is -1.23. The molecule has 1 saturated carbocycles. The van der Waals surface area contributed by atoms with Gasteiger partial charge < -0.3 is 9.84 Å². The molecule has 1 N–H and O–H groups in total. The molecule has 9 heteroatoms. The van der Waals surface area contributed by atoms with Crippen molar-refractivity contribution in [1.29, 1.82) is 0 Å². The predicted octanol–water partition coefficient (Wildman–Crippen LogP) is 5.30. The summed E-state index contributed by atoms with van der Waals surface area (Å²) >= 11 is 0. The number of ether oxygens (including phenoxy) is 1. The standard InChI is InChI=1S/C40H41N3O6/c1-40-31(37(46)43(39(40)48)25-12-7-4-8-13-25)22-30-27(34(40)29-14-9-15-32(49-2)35(29)44)16-17-28-33(30)38(47)42(36(28)45)26-18-20-41(21-19-26)23-24-10-5-3-6-11-24/h3-16,26,28,30-31,33-34,44H,17-23H2,1-2H3/t28-,30+,31-,33-,34+,40+/m0/s1. The molecule has 4 amide bonds. The highest BCUT2D eigenvalue weighted by Gasteiger charge is 2.68. The molecule has 0 radical (unpaired) electrons. The van der Waals surface area contributed by atoms with Gasteiger partial charge in [-0.2, -0.15) is 0 Å². The molecule has 3 saturated heterocycles. The van der Waals surface area contributed by atoms with Gasteiger partial charge in [0.1, 0.15) is 0 Å². The van der Waals surface area contributed by atoms with Crippen molar-refractivity contribution in [2.75, 3.05) is 25.1 Å². The van der Waals surface area contributed by atoms with E-state index in [1.165, 1.54) is 17.6 Å². The van der Waals surface area contributed by atoms with Crippen molar-refractivity contribution < 1.29 is 29.0 Å². The lowest BCUT2D eigenvalue weighted by molar-refractivity contribution is -0.144. The molecule has 0 aromatic heterocycles. The Morgan fingerprint density at radius 1 is 0.837 bits per heavy atom. The van der Waals surface area contributed by atoms with Gasteiger partial charge in [0.05, 0.1) is 36.0 Å². The van der Waals surface area contributed by atoms with Crippen molar-refractivity contribution in [3.8, 4) is 11.5 Å². The zero-order valence-electron chi connectivity index (χ0n) is 27.8. The highest BCUT2D eigenvalue weighted by Crippen LogP contribution is 2.65. The van der Waals surface area contributed by atoms with E-state index in [0.29, 0.717) is 30.5 Å². The Kier molecular flexibility index (Phi) is 7.70. The number of nitrogens with zero attached hydrogens (tertiary/aromatic N) is 3. The van der Waals surface area contributed by atoms with Gasteiger partial charge in [-0.1, -0.05) is 72.3 Å². The van der Waals surface area contributed by atoms with E-state index < -0.39 is 35.0 Å². The lowest BCUT2D eigenvalue weighted by Crippen LogP contribution is -2.49. The summed E-state index contributed by atoms with van der Waals surface area (Å²) in [6, 6.07) is 24.3. The third-order valence-corrected chi connectivity index (χ3v) is 12.1. The first-order chi connectivity index (χ1) is 23.7. The van der Waals surface area contributed by atoms with Crippen molar-refractivity contribution in [3.63, 3.8) is 0 Å². The van der Waals surface area contributed by atoms with E-state index in [4.69, 9.17) is 4.74 Å². The number of phenols is 1. The molecule has 0 unspecified atom stereocenters. The van der Waals surface area contributed by atoms with E-state index in [1.807, 2.05) is 37.3 Å². The number of methoxy groups -OCH3 is 1. The number of fused-ring (bicyclic) bond motifs is 4. The number of hydrogen-bond donors (Lipinski definition) is 1. The molecule has 5 aliphatic rings. The molecular weight excluding hydrogens is 618 g/mol. The molecule has 9 nitrogen and oxygen atoms in total. The number of anilines is 1. The second kappa shape index (κ2) is 12.0. The number of carbonyl (C=O) groups is 4. The van der Waals surface area contributed by atoms with Gasteiger partial charge >= 0.3 is 0 Å².